The summed E-state index contributed by atoms with van der Waals surface area (Å²) in [6, 6.07) is 14.4. The number of hydrogen-bond acceptors (Lipinski definition) is 3. The van der Waals surface area contributed by atoms with Crippen LogP contribution in [0.1, 0.15) is 36.8 Å². The maximum absolute atomic E-state index is 13.2. The summed E-state index contributed by atoms with van der Waals surface area (Å²) in [4.78, 5) is 17.2. The summed E-state index contributed by atoms with van der Waals surface area (Å²) in [5.74, 6) is -0.142. The van der Waals surface area contributed by atoms with E-state index in [1.165, 1.54) is 17.7 Å². The fourth-order valence-corrected chi connectivity index (χ4v) is 4.88. The highest BCUT2D eigenvalue weighted by Crippen LogP contribution is 2.42. The van der Waals surface area contributed by atoms with E-state index in [-0.39, 0.29) is 36.5 Å². The first-order chi connectivity index (χ1) is 15.1. The second kappa shape index (κ2) is 9.62. The molecule has 5 nitrogen and oxygen atoms in total. The molecule has 2 N–H and O–H groups in total. The van der Waals surface area contributed by atoms with Crippen LogP contribution in [-0.4, -0.2) is 59.3 Å². The van der Waals surface area contributed by atoms with Crippen LogP contribution in [0.4, 0.5) is 14.9 Å². The smallest absolute Gasteiger partial charge is 0.321 e. The van der Waals surface area contributed by atoms with E-state index in [9.17, 15) is 14.3 Å². The van der Waals surface area contributed by atoms with Gasteiger partial charge in [-0.3, -0.25) is 4.90 Å². The van der Waals surface area contributed by atoms with Gasteiger partial charge in [0, 0.05) is 36.8 Å². The lowest BCUT2D eigenvalue weighted by Gasteiger charge is -2.57. The van der Waals surface area contributed by atoms with Crippen LogP contribution in [0.15, 0.2) is 54.6 Å². The van der Waals surface area contributed by atoms with Crippen molar-refractivity contribution in [2.24, 2.45) is 0 Å². The van der Waals surface area contributed by atoms with Crippen molar-refractivity contribution in [3.05, 3.63) is 71.6 Å². The van der Waals surface area contributed by atoms with Gasteiger partial charge in [-0.15, -0.1) is 0 Å². The maximum Gasteiger partial charge on any atom is 0.321 e. The van der Waals surface area contributed by atoms with Gasteiger partial charge in [0.1, 0.15) is 5.82 Å². The predicted octanol–water partition coefficient (Wildman–Crippen LogP) is 4.32. The lowest BCUT2D eigenvalue weighted by molar-refractivity contribution is -0.0585. The Morgan fingerprint density at radius 2 is 1.84 bits per heavy atom. The molecule has 0 aromatic heterocycles. The number of nitrogens with one attached hydrogen (secondary N) is 1. The Hall–Kier alpha value is -2.70. The molecule has 2 aliphatic rings. The van der Waals surface area contributed by atoms with E-state index in [2.05, 4.69) is 40.6 Å². The average Bonchev–Trinajstić information content (AvgIpc) is 2.75. The molecule has 2 aromatic rings. The number of fused-ring (bicyclic) bond motifs is 1. The van der Waals surface area contributed by atoms with Crippen molar-refractivity contribution in [2.45, 2.75) is 37.8 Å². The van der Waals surface area contributed by atoms with E-state index in [4.69, 9.17) is 0 Å². The molecule has 0 unspecified atom stereocenters. The number of amides is 2. The van der Waals surface area contributed by atoms with Crippen molar-refractivity contribution in [3.8, 4) is 0 Å². The molecule has 6 heteroatoms. The second-order valence-electron chi connectivity index (χ2n) is 8.34. The summed E-state index contributed by atoms with van der Waals surface area (Å²) in [5, 5.41) is 13.0. The standard InChI is InChI=1S/C25H30FN3O2/c1-2-5-18-6-8-19(9-7-18)24-22-16-28(14-3-4-15-29(22)23(24)17-30)25(31)27-21-12-10-20(26)11-13-21/h2,5-13,22-24,30H,3-4,14-17H2,1H3,(H,27,31)/b5-2+/t22-,23+,24-/m1/s1. The van der Waals surface area contributed by atoms with Crippen LogP contribution < -0.4 is 5.32 Å². The molecule has 3 atom stereocenters. The van der Waals surface area contributed by atoms with Gasteiger partial charge in [0.2, 0.25) is 0 Å². The molecule has 0 aliphatic carbocycles. The lowest BCUT2D eigenvalue weighted by Crippen LogP contribution is -2.68. The average molecular weight is 424 g/mol. The molecule has 0 spiro atoms. The molecule has 2 amide bonds. The third-order valence-corrected chi connectivity index (χ3v) is 6.43. The van der Waals surface area contributed by atoms with Crippen molar-refractivity contribution in [3.63, 3.8) is 0 Å². The van der Waals surface area contributed by atoms with Gasteiger partial charge < -0.3 is 15.3 Å². The Labute approximate surface area is 183 Å². The molecule has 2 aliphatic heterocycles. The van der Waals surface area contributed by atoms with Gasteiger partial charge in [0.15, 0.2) is 0 Å². The lowest BCUT2D eigenvalue weighted by atomic mass is 9.74. The summed E-state index contributed by atoms with van der Waals surface area (Å²) >= 11 is 0. The summed E-state index contributed by atoms with van der Waals surface area (Å²) in [6.07, 6.45) is 5.99. The molecule has 2 fully saturated rings. The molecule has 31 heavy (non-hydrogen) atoms. The number of halogens is 1. The van der Waals surface area contributed by atoms with Gasteiger partial charge in [-0.25, -0.2) is 9.18 Å². The Morgan fingerprint density at radius 1 is 1.13 bits per heavy atom. The number of rotatable bonds is 4. The topological polar surface area (TPSA) is 55.8 Å². The minimum atomic E-state index is -0.326. The first kappa shape index (κ1) is 21.5. The SMILES string of the molecule is C/C=C/c1ccc([C@@H]2[C@H]3CN(C(=O)Nc4ccc(F)cc4)CCCCN3[C@H]2CO)cc1. The van der Waals surface area contributed by atoms with Crippen LogP contribution in [0.3, 0.4) is 0 Å². The number of anilines is 1. The van der Waals surface area contributed by atoms with Gasteiger partial charge >= 0.3 is 6.03 Å². The van der Waals surface area contributed by atoms with Gasteiger partial charge in [-0.2, -0.15) is 0 Å². The largest absolute Gasteiger partial charge is 0.395 e. The molecule has 4 rings (SSSR count). The first-order valence-electron chi connectivity index (χ1n) is 11.0. The molecule has 2 saturated heterocycles. The molecule has 0 saturated carbocycles. The third kappa shape index (κ3) is 4.65. The molecule has 2 heterocycles. The number of allylic oxidation sites excluding steroid dienone is 1. The number of urea groups is 1. The molecular formula is C25H30FN3O2. The van der Waals surface area contributed by atoms with E-state index in [0.29, 0.717) is 18.8 Å². The Balaban J connectivity index is 1.51. The van der Waals surface area contributed by atoms with Crippen LogP contribution >= 0.6 is 0 Å². The minimum absolute atomic E-state index is 0.0812. The van der Waals surface area contributed by atoms with Crippen LogP contribution in [-0.2, 0) is 0 Å². The number of carbonyl (C=O) groups excluding carboxylic acids is 1. The highest BCUT2D eigenvalue weighted by molar-refractivity contribution is 5.89. The molecule has 164 valence electrons. The quantitative estimate of drug-likeness (QED) is 0.770. The third-order valence-electron chi connectivity index (χ3n) is 6.43. The molecule has 0 bridgehead atoms. The van der Waals surface area contributed by atoms with E-state index >= 15 is 0 Å². The highest BCUT2D eigenvalue weighted by atomic mass is 19.1. The molecule has 2 aromatic carbocycles. The van der Waals surface area contributed by atoms with Gasteiger partial charge in [0.05, 0.1) is 6.61 Å². The van der Waals surface area contributed by atoms with E-state index < -0.39 is 0 Å². The molecule has 0 radical (unpaired) electrons. The maximum atomic E-state index is 13.2. The van der Waals surface area contributed by atoms with Crippen molar-refractivity contribution in [1.82, 2.24) is 9.80 Å². The first-order valence-corrected chi connectivity index (χ1v) is 11.0. The van der Waals surface area contributed by atoms with Gasteiger partial charge in [0.25, 0.3) is 0 Å². The fraction of sp³-hybridized carbons (Fsp3) is 0.400. The molecular weight excluding hydrogens is 393 g/mol. The zero-order valence-corrected chi connectivity index (χ0v) is 17.9. The van der Waals surface area contributed by atoms with E-state index in [1.54, 1.807) is 12.1 Å². The van der Waals surface area contributed by atoms with Crippen LogP contribution in [0.25, 0.3) is 6.08 Å². The zero-order valence-electron chi connectivity index (χ0n) is 17.9. The summed E-state index contributed by atoms with van der Waals surface area (Å²) in [6.45, 7) is 4.34. The van der Waals surface area contributed by atoms with Crippen molar-refractivity contribution >= 4 is 17.8 Å². The Bertz CT molecular complexity index is 913. The number of hydrogen-bond donors (Lipinski definition) is 2. The van der Waals surface area contributed by atoms with Crippen LogP contribution in [0.5, 0.6) is 0 Å². The summed E-state index contributed by atoms with van der Waals surface area (Å²) in [7, 11) is 0. The predicted molar refractivity (Wildman–Crippen MR) is 121 cm³/mol. The van der Waals surface area contributed by atoms with Crippen molar-refractivity contribution in [2.75, 3.05) is 31.6 Å². The summed E-state index contributed by atoms with van der Waals surface area (Å²) < 4.78 is 13.2. The normalized spacial score (nSPS) is 24.2. The number of aliphatic hydroxyl groups is 1. The second-order valence-corrected chi connectivity index (χ2v) is 8.34. The minimum Gasteiger partial charge on any atom is -0.395 e. The number of nitrogens with zero attached hydrogens (tertiary/aromatic N) is 2. The number of aliphatic hydroxyl groups excluding tert-OH is 1. The number of benzene rings is 2. The van der Waals surface area contributed by atoms with Crippen LogP contribution in [0, 0.1) is 5.82 Å². The Kier molecular flexibility index (Phi) is 6.68. The van der Waals surface area contributed by atoms with E-state index in [1.807, 2.05) is 17.9 Å². The van der Waals surface area contributed by atoms with Crippen LogP contribution in [0.2, 0.25) is 0 Å². The van der Waals surface area contributed by atoms with Gasteiger partial charge in [-0.1, -0.05) is 36.4 Å². The van der Waals surface area contributed by atoms with E-state index in [0.717, 1.165) is 24.9 Å². The zero-order chi connectivity index (χ0) is 21.8. The van der Waals surface area contributed by atoms with Crippen molar-refractivity contribution < 1.29 is 14.3 Å². The monoisotopic (exact) mass is 423 g/mol. The summed E-state index contributed by atoms with van der Waals surface area (Å²) in [5.41, 5.74) is 2.94. The van der Waals surface area contributed by atoms with Gasteiger partial charge in [-0.05, 0) is 61.7 Å². The Morgan fingerprint density at radius 3 is 2.52 bits per heavy atom. The highest BCUT2D eigenvalue weighted by Gasteiger charge is 2.49. The number of carbonyl (C=O) groups is 1. The van der Waals surface area contributed by atoms with Crippen molar-refractivity contribution in [1.29, 1.82) is 0 Å². The fourth-order valence-electron chi connectivity index (χ4n) is 4.88.